The van der Waals surface area contributed by atoms with E-state index in [0.717, 1.165) is 12.0 Å². The Hall–Kier alpha value is -1.39. The number of allylic oxidation sites excluding steroid dienone is 2. The van der Waals surface area contributed by atoms with E-state index in [4.69, 9.17) is 16.3 Å². The molecule has 1 aromatic heterocycles. The van der Waals surface area contributed by atoms with Gasteiger partial charge in [0.15, 0.2) is 0 Å². The Bertz CT molecular complexity index is 641. The van der Waals surface area contributed by atoms with E-state index in [0.29, 0.717) is 17.0 Å². The average molecular weight is 368 g/mol. The minimum absolute atomic E-state index is 0.170. The van der Waals surface area contributed by atoms with Crippen LogP contribution in [0.2, 0.25) is 5.28 Å². The molecule has 0 unspecified atom stereocenters. The predicted octanol–water partition coefficient (Wildman–Crippen LogP) is 5.28. The Morgan fingerprint density at radius 2 is 2.05 bits per heavy atom. The molecule has 5 heteroatoms. The highest BCUT2D eigenvalue weighted by Gasteiger charge is 2.05. The second-order valence-electron chi connectivity index (χ2n) is 4.57. The lowest BCUT2D eigenvalue weighted by atomic mass is 10.0. The van der Waals surface area contributed by atoms with Crippen molar-refractivity contribution in [1.29, 1.82) is 0 Å². The molecular weight excluding hydrogens is 352 g/mol. The van der Waals surface area contributed by atoms with Crippen LogP contribution in [-0.2, 0) is 6.61 Å². The quantitative estimate of drug-likeness (QED) is 0.674. The molecule has 0 fully saturated rings. The molecule has 0 amide bonds. The fourth-order valence-corrected chi connectivity index (χ4v) is 2.30. The zero-order chi connectivity index (χ0) is 15.2. The topological polar surface area (TPSA) is 35.0 Å². The van der Waals surface area contributed by atoms with Gasteiger partial charge in [0.1, 0.15) is 6.61 Å². The Kier molecular flexibility index (Phi) is 5.76. The zero-order valence-electron chi connectivity index (χ0n) is 11.9. The third kappa shape index (κ3) is 4.55. The Labute approximate surface area is 138 Å². The summed E-state index contributed by atoms with van der Waals surface area (Å²) in [6.45, 7) is 4.69. The molecule has 0 aliphatic carbocycles. The van der Waals surface area contributed by atoms with Crippen LogP contribution in [0.1, 0.15) is 31.4 Å². The zero-order valence-corrected chi connectivity index (χ0v) is 14.3. The molecule has 110 valence electrons. The van der Waals surface area contributed by atoms with Crippen LogP contribution in [0, 0.1) is 0 Å². The van der Waals surface area contributed by atoms with Crippen molar-refractivity contribution in [1.82, 2.24) is 9.97 Å². The molecule has 0 bridgehead atoms. The minimum atomic E-state index is 0.170. The van der Waals surface area contributed by atoms with Gasteiger partial charge in [-0.3, -0.25) is 0 Å². The van der Waals surface area contributed by atoms with Gasteiger partial charge in [-0.05, 0) is 57.6 Å². The third-order valence-electron chi connectivity index (χ3n) is 2.98. The number of aromatic nitrogens is 2. The fraction of sp³-hybridized carbons (Fsp3) is 0.250. The van der Waals surface area contributed by atoms with E-state index < -0.39 is 0 Å². The molecule has 0 atom stereocenters. The van der Waals surface area contributed by atoms with E-state index in [1.54, 1.807) is 6.20 Å². The van der Waals surface area contributed by atoms with Crippen LogP contribution in [0.25, 0.3) is 5.57 Å². The molecule has 0 aliphatic heterocycles. The normalized spacial score (nSPS) is 11.5. The summed E-state index contributed by atoms with van der Waals surface area (Å²) in [5, 5.41) is 0.170. The number of rotatable bonds is 5. The summed E-state index contributed by atoms with van der Waals surface area (Å²) >= 11 is 9.09. The largest absolute Gasteiger partial charge is 0.472 e. The lowest BCUT2D eigenvalue weighted by Gasteiger charge is -2.08. The molecule has 21 heavy (non-hydrogen) atoms. The summed E-state index contributed by atoms with van der Waals surface area (Å²) in [5.41, 5.74) is 3.59. The molecule has 0 radical (unpaired) electrons. The van der Waals surface area contributed by atoms with Crippen LogP contribution >= 0.6 is 27.5 Å². The summed E-state index contributed by atoms with van der Waals surface area (Å²) < 4.78 is 6.34. The average Bonchev–Trinajstić information content (AvgIpc) is 2.49. The SMILES string of the molecule is CC/C=C(/C)c1ccc(COc2nc(Cl)ncc2Br)cc1. The Balaban J connectivity index is 2.04. The van der Waals surface area contributed by atoms with Crippen LogP contribution in [0.15, 0.2) is 41.0 Å². The monoisotopic (exact) mass is 366 g/mol. The van der Waals surface area contributed by atoms with Gasteiger partial charge in [0.25, 0.3) is 0 Å². The van der Waals surface area contributed by atoms with Gasteiger partial charge in [-0.1, -0.05) is 37.3 Å². The van der Waals surface area contributed by atoms with Gasteiger partial charge in [0.05, 0.1) is 4.47 Å². The first-order valence-corrected chi connectivity index (χ1v) is 7.84. The van der Waals surface area contributed by atoms with Crippen molar-refractivity contribution in [3.8, 4) is 5.88 Å². The number of nitrogens with zero attached hydrogens (tertiary/aromatic N) is 2. The number of hydrogen-bond donors (Lipinski definition) is 0. The van der Waals surface area contributed by atoms with Crippen LogP contribution in [0.5, 0.6) is 5.88 Å². The summed E-state index contributed by atoms with van der Waals surface area (Å²) in [4.78, 5) is 7.90. The number of ether oxygens (including phenoxy) is 1. The van der Waals surface area contributed by atoms with Crippen molar-refractivity contribution in [3.05, 3.63) is 57.4 Å². The second-order valence-corrected chi connectivity index (χ2v) is 5.77. The van der Waals surface area contributed by atoms with Crippen LogP contribution in [-0.4, -0.2) is 9.97 Å². The van der Waals surface area contributed by atoms with Crippen molar-refractivity contribution in [2.45, 2.75) is 26.9 Å². The fourth-order valence-electron chi connectivity index (χ4n) is 1.87. The maximum Gasteiger partial charge on any atom is 0.232 e. The van der Waals surface area contributed by atoms with Crippen molar-refractivity contribution >= 4 is 33.1 Å². The number of hydrogen-bond acceptors (Lipinski definition) is 3. The molecule has 0 spiro atoms. The maximum absolute atomic E-state index is 5.75. The van der Waals surface area contributed by atoms with E-state index >= 15 is 0 Å². The summed E-state index contributed by atoms with van der Waals surface area (Å²) in [7, 11) is 0. The van der Waals surface area contributed by atoms with Crippen LogP contribution in [0.4, 0.5) is 0 Å². The molecule has 0 aliphatic rings. The molecule has 3 nitrogen and oxygen atoms in total. The van der Waals surface area contributed by atoms with Gasteiger partial charge < -0.3 is 4.74 Å². The molecule has 1 heterocycles. The highest BCUT2D eigenvalue weighted by Crippen LogP contribution is 2.23. The molecule has 1 aromatic carbocycles. The Morgan fingerprint density at radius 3 is 2.71 bits per heavy atom. The molecular formula is C16H16BrClN2O. The van der Waals surface area contributed by atoms with Gasteiger partial charge in [-0.25, -0.2) is 4.98 Å². The molecule has 0 saturated heterocycles. The highest BCUT2D eigenvalue weighted by molar-refractivity contribution is 9.10. The lowest BCUT2D eigenvalue weighted by Crippen LogP contribution is -1.99. The first-order chi connectivity index (χ1) is 10.1. The van der Waals surface area contributed by atoms with Gasteiger partial charge in [-0.2, -0.15) is 4.98 Å². The van der Waals surface area contributed by atoms with E-state index in [2.05, 4.69) is 70.1 Å². The van der Waals surface area contributed by atoms with E-state index in [9.17, 15) is 0 Å². The maximum atomic E-state index is 5.75. The van der Waals surface area contributed by atoms with E-state index in [-0.39, 0.29) is 5.28 Å². The van der Waals surface area contributed by atoms with Gasteiger partial charge in [0.2, 0.25) is 11.2 Å². The van der Waals surface area contributed by atoms with Gasteiger partial charge >= 0.3 is 0 Å². The van der Waals surface area contributed by atoms with Crippen molar-refractivity contribution in [2.24, 2.45) is 0 Å². The minimum Gasteiger partial charge on any atom is -0.472 e. The highest BCUT2D eigenvalue weighted by atomic mass is 79.9. The Morgan fingerprint density at radius 1 is 1.33 bits per heavy atom. The van der Waals surface area contributed by atoms with E-state index in [1.165, 1.54) is 11.1 Å². The second kappa shape index (κ2) is 7.57. The first kappa shape index (κ1) is 16.0. The molecule has 2 aromatic rings. The molecule has 0 saturated carbocycles. The summed E-state index contributed by atoms with van der Waals surface area (Å²) in [6, 6.07) is 8.31. The first-order valence-electron chi connectivity index (χ1n) is 6.67. The van der Waals surface area contributed by atoms with Crippen molar-refractivity contribution < 1.29 is 4.74 Å². The lowest BCUT2D eigenvalue weighted by molar-refractivity contribution is 0.291. The predicted molar refractivity (Wildman–Crippen MR) is 89.5 cm³/mol. The van der Waals surface area contributed by atoms with Crippen LogP contribution < -0.4 is 4.74 Å². The molecule has 2 rings (SSSR count). The standard InChI is InChI=1S/C16H16BrClN2O/c1-3-4-11(2)13-7-5-12(6-8-13)10-21-15-14(17)9-19-16(18)20-15/h4-9H,3,10H2,1-2H3/b11-4-. The third-order valence-corrected chi connectivity index (χ3v) is 3.70. The number of benzene rings is 1. The van der Waals surface area contributed by atoms with E-state index in [1.807, 2.05) is 0 Å². The van der Waals surface area contributed by atoms with Crippen molar-refractivity contribution in [3.63, 3.8) is 0 Å². The van der Waals surface area contributed by atoms with Crippen molar-refractivity contribution in [2.75, 3.05) is 0 Å². The van der Waals surface area contributed by atoms with Gasteiger partial charge in [0, 0.05) is 6.20 Å². The van der Waals surface area contributed by atoms with Gasteiger partial charge in [-0.15, -0.1) is 0 Å². The summed E-state index contributed by atoms with van der Waals surface area (Å²) in [6.07, 6.45) is 4.83. The smallest absolute Gasteiger partial charge is 0.232 e. The van der Waals surface area contributed by atoms with Crippen LogP contribution in [0.3, 0.4) is 0 Å². The number of halogens is 2. The molecule has 0 N–H and O–H groups in total. The summed E-state index contributed by atoms with van der Waals surface area (Å²) in [5.74, 6) is 0.445.